The summed E-state index contributed by atoms with van der Waals surface area (Å²) >= 11 is 12.0. The molecule has 0 aromatic heterocycles. The first-order valence-electron chi connectivity index (χ1n) is 7.95. The molecule has 0 unspecified atom stereocenters. The van der Waals surface area contributed by atoms with E-state index in [-0.39, 0.29) is 18.5 Å². The van der Waals surface area contributed by atoms with E-state index in [1.165, 1.54) is 5.56 Å². The molecule has 2 N–H and O–H groups in total. The molecular weight excluding hydrogens is 343 g/mol. The van der Waals surface area contributed by atoms with E-state index in [2.05, 4.69) is 48.7 Å². The van der Waals surface area contributed by atoms with Crippen molar-refractivity contribution in [1.29, 1.82) is 0 Å². The molecule has 0 bridgehead atoms. The molecule has 0 radical (unpaired) electrons. The molecule has 24 heavy (non-hydrogen) atoms. The third kappa shape index (κ3) is 5.23. The molecule has 0 fully saturated rings. The van der Waals surface area contributed by atoms with Gasteiger partial charge in [-0.25, -0.2) is 0 Å². The van der Waals surface area contributed by atoms with Crippen LogP contribution in [0.4, 0.5) is 5.69 Å². The van der Waals surface area contributed by atoms with Crippen molar-refractivity contribution in [3.63, 3.8) is 0 Å². The standard InChI is InChI=1S/C19H22Cl2N2O/c1-12(2)14-4-6-15(7-5-14)13(3)22-11-19(24)23-18-10-16(20)8-9-17(18)21/h4-10,12-13,22H,11H2,1-3H3,(H,23,24)/t13-/m1/s1. The number of halogens is 2. The van der Waals surface area contributed by atoms with Crippen LogP contribution in [0.3, 0.4) is 0 Å². The number of carbonyl (C=O) groups is 1. The van der Waals surface area contributed by atoms with Crippen molar-refractivity contribution >= 4 is 34.8 Å². The van der Waals surface area contributed by atoms with Crippen LogP contribution in [0, 0.1) is 0 Å². The van der Waals surface area contributed by atoms with Crippen LogP contribution in [0.2, 0.25) is 10.0 Å². The predicted octanol–water partition coefficient (Wildman–Crippen LogP) is 5.41. The summed E-state index contributed by atoms with van der Waals surface area (Å²) in [6, 6.07) is 13.5. The van der Waals surface area contributed by atoms with Crippen molar-refractivity contribution in [3.05, 3.63) is 63.6 Å². The van der Waals surface area contributed by atoms with Crippen LogP contribution < -0.4 is 10.6 Å². The van der Waals surface area contributed by atoms with Gasteiger partial charge in [0.05, 0.1) is 17.3 Å². The van der Waals surface area contributed by atoms with Gasteiger partial charge < -0.3 is 10.6 Å². The van der Waals surface area contributed by atoms with Gasteiger partial charge >= 0.3 is 0 Å². The van der Waals surface area contributed by atoms with Gasteiger partial charge in [0.1, 0.15) is 0 Å². The van der Waals surface area contributed by atoms with Crippen molar-refractivity contribution in [2.75, 3.05) is 11.9 Å². The topological polar surface area (TPSA) is 41.1 Å². The second-order valence-corrected chi connectivity index (χ2v) is 6.94. The Hall–Kier alpha value is -1.55. The number of hydrogen-bond acceptors (Lipinski definition) is 2. The molecule has 0 aliphatic rings. The van der Waals surface area contributed by atoms with Crippen LogP contribution in [-0.4, -0.2) is 12.5 Å². The number of anilines is 1. The molecule has 2 rings (SSSR count). The summed E-state index contributed by atoms with van der Waals surface area (Å²) in [4.78, 5) is 12.1. The molecule has 2 aromatic carbocycles. The molecule has 0 aliphatic heterocycles. The van der Waals surface area contributed by atoms with Crippen LogP contribution in [0.1, 0.15) is 43.9 Å². The molecular formula is C19H22Cl2N2O. The number of rotatable bonds is 6. The van der Waals surface area contributed by atoms with E-state index in [4.69, 9.17) is 23.2 Å². The summed E-state index contributed by atoms with van der Waals surface area (Å²) in [6.07, 6.45) is 0. The Morgan fingerprint density at radius 2 is 1.62 bits per heavy atom. The fourth-order valence-corrected chi connectivity index (χ4v) is 2.66. The van der Waals surface area contributed by atoms with Gasteiger partial charge in [0.15, 0.2) is 0 Å². The van der Waals surface area contributed by atoms with Gasteiger partial charge in [0, 0.05) is 11.1 Å². The van der Waals surface area contributed by atoms with E-state index in [1.54, 1.807) is 18.2 Å². The van der Waals surface area contributed by atoms with Crippen molar-refractivity contribution in [1.82, 2.24) is 5.32 Å². The third-order valence-corrected chi connectivity index (χ3v) is 4.44. The van der Waals surface area contributed by atoms with Crippen LogP contribution in [0.5, 0.6) is 0 Å². The summed E-state index contributed by atoms with van der Waals surface area (Å²) in [6.45, 7) is 6.56. The fraction of sp³-hybridized carbons (Fsp3) is 0.316. The van der Waals surface area contributed by atoms with E-state index in [1.807, 2.05) is 6.92 Å². The summed E-state index contributed by atoms with van der Waals surface area (Å²) in [7, 11) is 0. The Balaban J connectivity index is 1.90. The Morgan fingerprint density at radius 3 is 2.25 bits per heavy atom. The first-order chi connectivity index (χ1) is 11.4. The number of benzene rings is 2. The molecule has 1 atom stereocenters. The van der Waals surface area contributed by atoms with Crippen LogP contribution >= 0.6 is 23.2 Å². The maximum absolute atomic E-state index is 12.1. The number of amides is 1. The Bertz CT molecular complexity index is 699. The van der Waals surface area contributed by atoms with Gasteiger partial charge in [0.25, 0.3) is 0 Å². The molecule has 0 heterocycles. The molecule has 2 aromatic rings. The number of nitrogens with one attached hydrogen (secondary N) is 2. The average molecular weight is 365 g/mol. The minimum Gasteiger partial charge on any atom is -0.324 e. The van der Waals surface area contributed by atoms with Crippen LogP contribution in [-0.2, 0) is 4.79 Å². The molecule has 5 heteroatoms. The minimum absolute atomic E-state index is 0.0757. The highest BCUT2D eigenvalue weighted by atomic mass is 35.5. The van der Waals surface area contributed by atoms with Gasteiger partial charge in [-0.2, -0.15) is 0 Å². The summed E-state index contributed by atoms with van der Waals surface area (Å²) in [5.41, 5.74) is 2.97. The molecule has 0 saturated heterocycles. The minimum atomic E-state index is -0.162. The number of hydrogen-bond donors (Lipinski definition) is 2. The second kappa shape index (κ2) is 8.52. The smallest absolute Gasteiger partial charge is 0.238 e. The normalized spacial score (nSPS) is 12.2. The van der Waals surface area contributed by atoms with Crippen molar-refractivity contribution in [2.24, 2.45) is 0 Å². The zero-order valence-electron chi connectivity index (χ0n) is 14.1. The van der Waals surface area contributed by atoms with E-state index in [0.717, 1.165) is 5.56 Å². The zero-order valence-corrected chi connectivity index (χ0v) is 15.6. The molecule has 128 valence electrons. The Morgan fingerprint density at radius 1 is 1.00 bits per heavy atom. The molecule has 3 nitrogen and oxygen atoms in total. The molecule has 1 amide bonds. The van der Waals surface area contributed by atoms with Gasteiger partial charge in [-0.05, 0) is 42.2 Å². The van der Waals surface area contributed by atoms with Crippen molar-refractivity contribution < 1.29 is 4.79 Å². The summed E-state index contributed by atoms with van der Waals surface area (Å²) < 4.78 is 0. The lowest BCUT2D eigenvalue weighted by Gasteiger charge is -2.15. The van der Waals surface area contributed by atoms with E-state index in [9.17, 15) is 4.79 Å². The van der Waals surface area contributed by atoms with E-state index in [0.29, 0.717) is 21.7 Å². The van der Waals surface area contributed by atoms with Gasteiger partial charge in [-0.15, -0.1) is 0 Å². The van der Waals surface area contributed by atoms with Crippen LogP contribution in [0.25, 0.3) is 0 Å². The Kier molecular flexibility index (Phi) is 6.67. The predicted molar refractivity (Wildman–Crippen MR) is 102 cm³/mol. The van der Waals surface area contributed by atoms with Crippen molar-refractivity contribution in [3.8, 4) is 0 Å². The third-order valence-electron chi connectivity index (χ3n) is 3.87. The zero-order chi connectivity index (χ0) is 17.7. The first-order valence-corrected chi connectivity index (χ1v) is 8.70. The lowest BCUT2D eigenvalue weighted by molar-refractivity contribution is -0.115. The second-order valence-electron chi connectivity index (χ2n) is 6.10. The maximum Gasteiger partial charge on any atom is 0.238 e. The van der Waals surface area contributed by atoms with Gasteiger partial charge in [0.2, 0.25) is 5.91 Å². The SMILES string of the molecule is CC(C)c1ccc([C@@H](C)NCC(=O)Nc2cc(Cl)ccc2Cl)cc1. The first kappa shape index (κ1) is 18.8. The van der Waals surface area contributed by atoms with E-state index < -0.39 is 0 Å². The average Bonchev–Trinajstić information content (AvgIpc) is 2.56. The summed E-state index contributed by atoms with van der Waals surface area (Å²) in [5, 5.41) is 6.97. The highest BCUT2D eigenvalue weighted by Gasteiger charge is 2.10. The lowest BCUT2D eigenvalue weighted by Crippen LogP contribution is -2.30. The quantitative estimate of drug-likeness (QED) is 0.719. The maximum atomic E-state index is 12.1. The molecule has 0 aliphatic carbocycles. The summed E-state index contributed by atoms with van der Waals surface area (Å²) in [5.74, 6) is 0.348. The number of carbonyl (C=O) groups excluding carboxylic acids is 1. The largest absolute Gasteiger partial charge is 0.324 e. The highest BCUT2D eigenvalue weighted by molar-refractivity contribution is 6.35. The van der Waals surface area contributed by atoms with Crippen molar-refractivity contribution in [2.45, 2.75) is 32.7 Å². The van der Waals surface area contributed by atoms with Gasteiger partial charge in [-0.3, -0.25) is 4.79 Å². The molecule has 0 spiro atoms. The Labute approximate surface area is 153 Å². The molecule has 0 saturated carbocycles. The fourth-order valence-electron chi connectivity index (χ4n) is 2.32. The lowest BCUT2D eigenvalue weighted by atomic mass is 9.99. The van der Waals surface area contributed by atoms with Crippen LogP contribution in [0.15, 0.2) is 42.5 Å². The monoisotopic (exact) mass is 364 g/mol. The van der Waals surface area contributed by atoms with E-state index >= 15 is 0 Å². The highest BCUT2D eigenvalue weighted by Crippen LogP contribution is 2.25. The van der Waals surface area contributed by atoms with Gasteiger partial charge in [-0.1, -0.05) is 61.3 Å².